The molecule has 1 heterocycles. The lowest BCUT2D eigenvalue weighted by atomic mass is 9.95. The van der Waals surface area contributed by atoms with E-state index in [1.807, 2.05) is 67.6 Å². The number of nitrogens with zero attached hydrogens (tertiary/aromatic N) is 1. The fourth-order valence-electron chi connectivity index (χ4n) is 4.07. The van der Waals surface area contributed by atoms with Crippen LogP contribution >= 0.6 is 0 Å². The third kappa shape index (κ3) is 4.82. The molecule has 0 spiro atoms. The third-order valence-corrected chi connectivity index (χ3v) is 5.74. The zero-order valence-electron chi connectivity index (χ0n) is 18.6. The molecule has 1 aliphatic heterocycles. The SMILES string of the molecule is CCCOc1ccc(C2/C(=C(\O)c3ccccc3)C(=O)C(=O)N2CCc2ccccc2)cc1. The van der Waals surface area contributed by atoms with Crippen LogP contribution < -0.4 is 4.74 Å². The molecule has 0 aromatic heterocycles. The van der Waals surface area contributed by atoms with Gasteiger partial charge in [-0.25, -0.2) is 0 Å². The monoisotopic (exact) mass is 441 g/mol. The number of likely N-dealkylation sites (tertiary alicyclic amines) is 1. The summed E-state index contributed by atoms with van der Waals surface area (Å²) in [5, 5.41) is 11.1. The first-order chi connectivity index (χ1) is 16.1. The van der Waals surface area contributed by atoms with Gasteiger partial charge in [0.2, 0.25) is 0 Å². The van der Waals surface area contributed by atoms with Crippen molar-refractivity contribution in [3.05, 3.63) is 107 Å². The molecule has 5 heteroatoms. The summed E-state index contributed by atoms with van der Waals surface area (Å²) >= 11 is 0. The van der Waals surface area contributed by atoms with E-state index in [4.69, 9.17) is 4.74 Å². The molecule has 1 saturated heterocycles. The zero-order valence-corrected chi connectivity index (χ0v) is 18.6. The van der Waals surface area contributed by atoms with Gasteiger partial charge in [-0.05, 0) is 36.1 Å². The number of aliphatic hydroxyl groups is 1. The topological polar surface area (TPSA) is 66.8 Å². The molecule has 0 saturated carbocycles. The minimum Gasteiger partial charge on any atom is -0.507 e. The quantitative estimate of drug-likeness (QED) is 0.299. The molecule has 1 atom stereocenters. The van der Waals surface area contributed by atoms with Crippen LogP contribution in [0.2, 0.25) is 0 Å². The summed E-state index contributed by atoms with van der Waals surface area (Å²) < 4.78 is 5.68. The molecular formula is C28H27NO4. The van der Waals surface area contributed by atoms with Crippen molar-refractivity contribution >= 4 is 17.4 Å². The fourth-order valence-corrected chi connectivity index (χ4v) is 4.07. The summed E-state index contributed by atoms with van der Waals surface area (Å²) in [7, 11) is 0. The number of benzene rings is 3. The average Bonchev–Trinajstić information content (AvgIpc) is 3.12. The molecule has 168 valence electrons. The van der Waals surface area contributed by atoms with Gasteiger partial charge in [0.25, 0.3) is 11.7 Å². The number of carbonyl (C=O) groups is 2. The number of amides is 1. The predicted octanol–water partition coefficient (Wildman–Crippen LogP) is 5.14. The van der Waals surface area contributed by atoms with Crippen LogP contribution in [0.4, 0.5) is 0 Å². The zero-order chi connectivity index (χ0) is 23.2. The van der Waals surface area contributed by atoms with Crippen molar-refractivity contribution in [2.24, 2.45) is 0 Å². The number of ketones is 1. The van der Waals surface area contributed by atoms with Gasteiger partial charge in [-0.3, -0.25) is 9.59 Å². The molecule has 4 rings (SSSR count). The van der Waals surface area contributed by atoms with Crippen molar-refractivity contribution in [1.29, 1.82) is 0 Å². The minimum atomic E-state index is -0.672. The first-order valence-electron chi connectivity index (χ1n) is 11.2. The number of rotatable bonds is 8. The van der Waals surface area contributed by atoms with Gasteiger partial charge in [0.15, 0.2) is 0 Å². The summed E-state index contributed by atoms with van der Waals surface area (Å²) in [4.78, 5) is 27.7. The van der Waals surface area contributed by atoms with Crippen molar-refractivity contribution in [3.63, 3.8) is 0 Å². The van der Waals surface area contributed by atoms with Crippen LogP contribution in [0, 0.1) is 0 Å². The third-order valence-electron chi connectivity index (χ3n) is 5.74. The summed E-state index contributed by atoms with van der Waals surface area (Å²) in [6.07, 6.45) is 1.51. The molecule has 1 fully saturated rings. The number of hydrogen-bond acceptors (Lipinski definition) is 4. The predicted molar refractivity (Wildman–Crippen MR) is 128 cm³/mol. The van der Waals surface area contributed by atoms with Crippen molar-refractivity contribution < 1.29 is 19.4 Å². The summed E-state index contributed by atoms with van der Waals surface area (Å²) in [5.74, 6) is -0.696. The molecule has 0 bridgehead atoms. The van der Waals surface area contributed by atoms with Crippen LogP contribution in [0.15, 0.2) is 90.5 Å². The fraction of sp³-hybridized carbons (Fsp3) is 0.214. The largest absolute Gasteiger partial charge is 0.507 e. The van der Waals surface area contributed by atoms with E-state index in [-0.39, 0.29) is 11.3 Å². The summed E-state index contributed by atoms with van der Waals surface area (Å²) in [5.41, 5.74) is 2.45. The lowest BCUT2D eigenvalue weighted by Gasteiger charge is -2.25. The Morgan fingerprint density at radius 3 is 2.18 bits per heavy atom. The first kappa shape index (κ1) is 22.3. The van der Waals surface area contributed by atoms with Gasteiger partial charge in [-0.1, -0.05) is 79.7 Å². The molecular weight excluding hydrogens is 414 g/mol. The maximum atomic E-state index is 13.1. The van der Waals surface area contributed by atoms with Gasteiger partial charge < -0.3 is 14.7 Å². The van der Waals surface area contributed by atoms with Gasteiger partial charge in [0, 0.05) is 12.1 Å². The molecule has 1 unspecified atom stereocenters. The summed E-state index contributed by atoms with van der Waals surface area (Å²) in [6, 6.07) is 25.4. The molecule has 3 aromatic rings. The Labute approximate surface area is 193 Å². The van der Waals surface area contributed by atoms with E-state index in [0.717, 1.165) is 23.3 Å². The second-order valence-corrected chi connectivity index (χ2v) is 8.01. The van der Waals surface area contributed by atoms with Crippen LogP contribution in [-0.4, -0.2) is 34.8 Å². The van der Waals surface area contributed by atoms with E-state index in [9.17, 15) is 14.7 Å². The van der Waals surface area contributed by atoms with Gasteiger partial charge in [-0.15, -0.1) is 0 Å². The number of hydrogen-bond donors (Lipinski definition) is 1. The van der Waals surface area contributed by atoms with Crippen molar-refractivity contribution in [3.8, 4) is 5.75 Å². The maximum Gasteiger partial charge on any atom is 0.295 e. The number of Topliss-reactive ketones (excluding diaryl/α,β-unsaturated/α-hetero) is 1. The number of ether oxygens (including phenoxy) is 1. The number of aliphatic hydroxyl groups excluding tert-OH is 1. The molecule has 1 aliphatic rings. The van der Waals surface area contributed by atoms with E-state index in [2.05, 4.69) is 0 Å². The minimum absolute atomic E-state index is 0.112. The van der Waals surface area contributed by atoms with Crippen LogP contribution in [0.5, 0.6) is 5.75 Å². The van der Waals surface area contributed by atoms with Crippen molar-refractivity contribution in [2.45, 2.75) is 25.8 Å². The van der Waals surface area contributed by atoms with Crippen LogP contribution in [0.3, 0.4) is 0 Å². The molecule has 33 heavy (non-hydrogen) atoms. The Balaban J connectivity index is 1.73. The Hall–Kier alpha value is -3.86. The van der Waals surface area contributed by atoms with Gasteiger partial charge in [-0.2, -0.15) is 0 Å². The average molecular weight is 442 g/mol. The lowest BCUT2D eigenvalue weighted by Crippen LogP contribution is -2.31. The van der Waals surface area contributed by atoms with Crippen LogP contribution in [0.25, 0.3) is 5.76 Å². The Bertz CT molecular complexity index is 1140. The molecule has 5 nitrogen and oxygen atoms in total. The van der Waals surface area contributed by atoms with Gasteiger partial charge in [0.1, 0.15) is 11.5 Å². The highest BCUT2D eigenvalue weighted by molar-refractivity contribution is 6.46. The van der Waals surface area contributed by atoms with Crippen molar-refractivity contribution in [2.75, 3.05) is 13.2 Å². The standard InChI is InChI=1S/C28H27NO4/c1-2-19-33-23-15-13-21(14-16-23)25-24(26(30)22-11-7-4-8-12-22)27(31)28(32)29(25)18-17-20-9-5-3-6-10-20/h3-16,25,30H,2,17-19H2,1H3/b26-24+. The molecule has 0 aliphatic carbocycles. The van der Waals surface area contributed by atoms with Crippen LogP contribution in [-0.2, 0) is 16.0 Å². The van der Waals surface area contributed by atoms with E-state index in [1.165, 1.54) is 0 Å². The normalized spacial score (nSPS) is 17.4. The van der Waals surface area contributed by atoms with E-state index in [1.54, 1.807) is 29.2 Å². The molecule has 1 N–H and O–H groups in total. The smallest absolute Gasteiger partial charge is 0.295 e. The Morgan fingerprint density at radius 1 is 0.909 bits per heavy atom. The van der Waals surface area contributed by atoms with Gasteiger partial charge in [0.05, 0.1) is 18.2 Å². The first-order valence-corrected chi connectivity index (χ1v) is 11.2. The van der Waals surface area contributed by atoms with E-state index >= 15 is 0 Å². The van der Waals surface area contributed by atoms with Crippen molar-refractivity contribution in [1.82, 2.24) is 4.90 Å². The highest BCUT2D eigenvalue weighted by atomic mass is 16.5. The molecule has 1 amide bonds. The summed E-state index contributed by atoms with van der Waals surface area (Å²) in [6.45, 7) is 3.01. The molecule has 0 radical (unpaired) electrons. The van der Waals surface area contributed by atoms with E-state index in [0.29, 0.717) is 25.1 Å². The second-order valence-electron chi connectivity index (χ2n) is 8.01. The van der Waals surface area contributed by atoms with Gasteiger partial charge >= 0.3 is 0 Å². The molecule has 3 aromatic carbocycles. The highest BCUT2D eigenvalue weighted by Gasteiger charge is 2.45. The van der Waals surface area contributed by atoms with E-state index < -0.39 is 17.7 Å². The Morgan fingerprint density at radius 2 is 1.55 bits per heavy atom. The highest BCUT2D eigenvalue weighted by Crippen LogP contribution is 2.39. The maximum absolute atomic E-state index is 13.1. The lowest BCUT2D eigenvalue weighted by molar-refractivity contribution is -0.139. The second kappa shape index (κ2) is 10.2. The Kier molecular flexibility index (Phi) is 6.89. The van der Waals surface area contributed by atoms with Crippen LogP contribution in [0.1, 0.15) is 36.1 Å². The number of carbonyl (C=O) groups excluding carboxylic acids is 2.